The highest BCUT2D eigenvalue weighted by Gasteiger charge is 2.05. The number of nitrogens with zero attached hydrogens (tertiary/aromatic N) is 2. The molecule has 0 unspecified atom stereocenters. The maximum absolute atomic E-state index is 5.84. The van der Waals surface area contributed by atoms with Crippen molar-refractivity contribution in [2.45, 2.75) is 24.5 Å². The van der Waals surface area contributed by atoms with E-state index in [0.29, 0.717) is 0 Å². The Morgan fingerprint density at radius 2 is 2.00 bits per heavy atom. The summed E-state index contributed by atoms with van der Waals surface area (Å²) in [4.78, 5) is 5.85. The second-order valence-electron chi connectivity index (χ2n) is 5.02. The molecule has 102 valence electrons. The molecule has 0 aliphatic carbocycles. The van der Waals surface area contributed by atoms with Gasteiger partial charge in [-0.15, -0.1) is 11.8 Å². The lowest BCUT2D eigenvalue weighted by atomic mass is 10.2. The Labute approximate surface area is 122 Å². The molecule has 3 aromatic rings. The Morgan fingerprint density at radius 1 is 1.15 bits per heavy atom. The van der Waals surface area contributed by atoms with E-state index in [2.05, 4.69) is 53.8 Å². The van der Waals surface area contributed by atoms with Gasteiger partial charge in [0.05, 0.1) is 5.69 Å². The molecule has 0 bridgehead atoms. The minimum absolute atomic E-state index is 0.809. The number of anilines is 1. The van der Waals surface area contributed by atoms with Crippen molar-refractivity contribution in [2.75, 3.05) is 5.73 Å². The van der Waals surface area contributed by atoms with Gasteiger partial charge in [0.1, 0.15) is 5.65 Å². The van der Waals surface area contributed by atoms with Crippen LogP contribution in [-0.2, 0) is 5.75 Å². The van der Waals surface area contributed by atoms with Crippen LogP contribution in [0.2, 0.25) is 0 Å². The fraction of sp³-hybridized carbons (Fsp3) is 0.188. The zero-order valence-corrected chi connectivity index (χ0v) is 12.4. The maximum Gasteiger partial charge on any atom is 0.137 e. The number of imidazole rings is 1. The molecule has 2 heterocycles. The lowest BCUT2D eigenvalue weighted by Gasteiger charge is -2.05. The highest BCUT2D eigenvalue weighted by atomic mass is 32.2. The summed E-state index contributed by atoms with van der Waals surface area (Å²) >= 11 is 1.78. The number of hydrogen-bond acceptors (Lipinski definition) is 3. The van der Waals surface area contributed by atoms with Crippen LogP contribution in [0.15, 0.2) is 47.6 Å². The molecule has 0 amide bonds. The van der Waals surface area contributed by atoms with E-state index in [1.165, 1.54) is 16.0 Å². The monoisotopic (exact) mass is 283 g/mol. The van der Waals surface area contributed by atoms with E-state index in [9.17, 15) is 0 Å². The summed E-state index contributed by atoms with van der Waals surface area (Å²) in [5.74, 6) is 0.852. The number of rotatable bonds is 3. The van der Waals surface area contributed by atoms with Crippen molar-refractivity contribution in [1.82, 2.24) is 9.38 Å². The van der Waals surface area contributed by atoms with Crippen LogP contribution in [0.5, 0.6) is 0 Å². The molecule has 20 heavy (non-hydrogen) atoms. The molecule has 0 aliphatic heterocycles. The van der Waals surface area contributed by atoms with E-state index >= 15 is 0 Å². The third-order valence-corrected chi connectivity index (χ3v) is 4.43. The Hall–Kier alpha value is -1.94. The number of aryl methyl sites for hydroxylation is 2. The van der Waals surface area contributed by atoms with E-state index in [1.54, 1.807) is 11.8 Å². The second kappa shape index (κ2) is 5.21. The summed E-state index contributed by atoms with van der Waals surface area (Å²) in [5.41, 5.74) is 11.2. The van der Waals surface area contributed by atoms with Gasteiger partial charge in [0.15, 0.2) is 0 Å². The largest absolute Gasteiger partial charge is 0.399 e. The Kier molecular flexibility index (Phi) is 3.40. The first-order valence-corrected chi connectivity index (χ1v) is 7.53. The third kappa shape index (κ3) is 2.65. The molecule has 3 nitrogen and oxygen atoms in total. The lowest BCUT2D eigenvalue weighted by Crippen LogP contribution is -1.88. The quantitative estimate of drug-likeness (QED) is 0.587. The fourth-order valence-electron chi connectivity index (χ4n) is 2.15. The van der Waals surface area contributed by atoms with Gasteiger partial charge in [0, 0.05) is 28.7 Å². The van der Waals surface area contributed by atoms with E-state index in [1.807, 2.05) is 12.1 Å². The molecule has 1 aromatic carbocycles. The van der Waals surface area contributed by atoms with Crippen molar-refractivity contribution >= 4 is 23.1 Å². The molecule has 0 spiro atoms. The predicted octanol–water partition coefficient (Wildman–Crippen LogP) is 3.83. The summed E-state index contributed by atoms with van der Waals surface area (Å²) in [5, 5.41) is 0. The van der Waals surface area contributed by atoms with Crippen LogP contribution < -0.4 is 5.73 Å². The van der Waals surface area contributed by atoms with Crippen LogP contribution in [0.1, 0.15) is 16.8 Å². The molecule has 0 saturated heterocycles. The number of nitrogen functional groups attached to an aromatic ring is 1. The molecule has 3 rings (SSSR count). The first-order valence-electron chi connectivity index (χ1n) is 6.55. The minimum atomic E-state index is 0.809. The lowest BCUT2D eigenvalue weighted by molar-refractivity contribution is 1.15. The number of hydrogen-bond donors (Lipinski definition) is 1. The Balaban J connectivity index is 1.81. The Bertz CT molecular complexity index is 762. The summed E-state index contributed by atoms with van der Waals surface area (Å²) in [7, 11) is 0. The van der Waals surface area contributed by atoms with Gasteiger partial charge < -0.3 is 10.1 Å². The van der Waals surface area contributed by atoms with Crippen LogP contribution in [0.25, 0.3) is 5.65 Å². The van der Waals surface area contributed by atoms with Gasteiger partial charge in [-0.3, -0.25) is 0 Å². The SMILES string of the molecule is Cc1ccc2nc(CSc3cc(N)ccc3C)cn2c1. The van der Waals surface area contributed by atoms with E-state index in [-0.39, 0.29) is 0 Å². The zero-order chi connectivity index (χ0) is 14.1. The molecule has 0 fully saturated rings. The molecule has 0 saturated carbocycles. The number of fused-ring (bicyclic) bond motifs is 1. The zero-order valence-electron chi connectivity index (χ0n) is 11.6. The van der Waals surface area contributed by atoms with Gasteiger partial charge in [0.25, 0.3) is 0 Å². The van der Waals surface area contributed by atoms with Gasteiger partial charge in [0.2, 0.25) is 0 Å². The normalized spacial score (nSPS) is 11.1. The minimum Gasteiger partial charge on any atom is -0.399 e. The molecule has 0 radical (unpaired) electrons. The van der Waals surface area contributed by atoms with Gasteiger partial charge in [-0.1, -0.05) is 12.1 Å². The summed E-state index contributed by atoms with van der Waals surface area (Å²) in [6, 6.07) is 10.2. The number of thioether (sulfide) groups is 1. The molecule has 0 atom stereocenters. The first kappa shape index (κ1) is 13.1. The summed E-state index contributed by atoms with van der Waals surface area (Å²) in [6.45, 7) is 4.19. The molecular formula is C16H17N3S. The van der Waals surface area contributed by atoms with Gasteiger partial charge in [-0.25, -0.2) is 4.98 Å². The number of aromatic nitrogens is 2. The van der Waals surface area contributed by atoms with Crippen LogP contribution in [0, 0.1) is 13.8 Å². The molecule has 4 heteroatoms. The van der Waals surface area contributed by atoms with Crippen LogP contribution >= 0.6 is 11.8 Å². The van der Waals surface area contributed by atoms with E-state index < -0.39 is 0 Å². The van der Waals surface area contributed by atoms with Crippen LogP contribution in [-0.4, -0.2) is 9.38 Å². The van der Waals surface area contributed by atoms with E-state index in [0.717, 1.165) is 22.8 Å². The number of nitrogens with two attached hydrogens (primary N) is 1. The first-order chi connectivity index (χ1) is 9.61. The molecule has 2 N–H and O–H groups in total. The topological polar surface area (TPSA) is 43.3 Å². The van der Waals surface area contributed by atoms with Crippen molar-refractivity contribution < 1.29 is 0 Å². The molecule has 0 aliphatic rings. The second-order valence-corrected chi connectivity index (χ2v) is 6.03. The van der Waals surface area contributed by atoms with Crippen molar-refractivity contribution in [3.63, 3.8) is 0 Å². The number of pyridine rings is 1. The highest BCUT2D eigenvalue weighted by Crippen LogP contribution is 2.27. The fourth-order valence-corrected chi connectivity index (χ4v) is 3.11. The van der Waals surface area contributed by atoms with Gasteiger partial charge >= 0.3 is 0 Å². The van der Waals surface area contributed by atoms with Crippen molar-refractivity contribution in [1.29, 1.82) is 0 Å². The van der Waals surface area contributed by atoms with Crippen molar-refractivity contribution in [2.24, 2.45) is 0 Å². The molecular weight excluding hydrogens is 266 g/mol. The Morgan fingerprint density at radius 3 is 2.85 bits per heavy atom. The van der Waals surface area contributed by atoms with Gasteiger partial charge in [-0.2, -0.15) is 0 Å². The van der Waals surface area contributed by atoms with Crippen LogP contribution in [0.4, 0.5) is 5.69 Å². The van der Waals surface area contributed by atoms with Crippen LogP contribution in [0.3, 0.4) is 0 Å². The van der Waals surface area contributed by atoms with Crippen molar-refractivity contribution in [3.8, 4) is 0 Å². The smallest absolute Gasteiger partial charge is 0.137 e. The standard InChI is InChI=1S/C16H17N3S/c1-11-3-6-16-18-14(9-19(16)8-11)10-20-15-7-13(17)5-4-12(15)2/h3-9H,10,17H2,1-2H3. The number of benzene rings is 1. The molecule has 2 aromatic heterocycles. The predicted molar refractivity (Wildman–Crippen MR) is 85.1 cm³/mol. The summed E-state index contributed by atoms with van der Waals surface area (Å²) < 4.78 is 2.08. The third-order valence-electron chi connectivity index (χ3n) is 3.24. The van der Waals surface area contributed by atoms with Crippen molar-refractivity contribution in [3.05, 3.63) is 59.5 Å². The maximum atomic E-state index is 5.84. The summed E-state index contributed by atoms with van der Waals surface area (Å²) in [6.07, 6.45) is 4.19. The average Bonchev–Trinajstić information content (AvgIpc) is 2.81. The van der Waals surface area contributed by atoms with E-state index in [4.69, 9.17) is 5.73 Å². The highest BCUT2D eigenvalue weighted by molar-refractivity contribution is 7.98. The average molecular weight is 283 g/mol. The van der Waals surface area contributed by atoms with Gasteiger partial charge in [-0.05, 0) is 43.2 Å².